The number of methoxy groups -OCH3 is 1. The molecule has 1 aliphatic rings. The summed E-state index contributed by atoms with van der Waals surface area (Å²) >= 11 is 0. The predicted molar refractivity (Wildman–Crippen MR) is 94.2 cm³/mol. The molecule has 0 saturated heterocycles. The zero-order valence-corrected chi connectivity index (χ0v) is 14.3. The van der Waals surface area contributed by atoms with Crippen molar-refractivity contribution in [1.82, 2.24) is 0 Å². The van der Waals surface area contributed by atoms with Gasteiger partial charge in [0, 0.05) is 17.2 Å². The number of allylic oxidation sites excluding steroid dienone is 1. The van der Waals surface area contributed by atoms with Gasteiger partial charge in [-0.05, 0) is 31.5 Å². The first kappa shape index (κ1) is 18.1. The zero-order valence-electron chi connectivity index (χ0n) is 14.3. The van der Waals surface area contributed by atoms with Gasteiger partial charge in [-0.2, -0.15) is 0 Å². The molecule has 130 valence electrons. The molecule has 0 fully saturated rings. The quantitative estimate of drug-likeness (QED) is 0.584. The first-order valence-electron chi connectivity index (χ1n) is 8.10. The molecule has 2 rings (SSSR count). The van der Waals surface area contributed by atoms with Crippen molar-refractivity contribution in [3.63, 3.8) is 0 Å². The summed E-state index contributed by atoms with van der Waals surface area (Å²) in [5, 5.41) is 3.29. The van der Waals surface area contributed by atoms with Crippen molar-refractivity contribution in [3.05, 3.63) is 49.1 Å². The van der Waals surface area contributed by atoms with E-state index in [1.54, 1.807) is 26.2 Å². The molecule has 0 radical (unpaired) electrons. The van der Waals surface area contributed by atoms with Crippen LogP contribution in [0.4, 0.5) is 5.69 Å². The van der Waals surface area contributed by atoms with Crippen LogP contribution in [0.1, 0.15) is 25.0 Å². The van der Waals surface area contributed by atoms with Crippen LogP contribution >= 0.6 is 0 Å². The SMILES string of the molecule is C=CCOC1c2cc(OC)ccc2NC(C(=O)OCC)C1CC=C. The molecular formula is C19H25NO4. The van der Waals surface area contributed by atoms with Gasteiger partial charge < -0.3 is 19.5 Å². The van der Waals surface area contributed by atoms with Crippen LogP contribution in [0.15, 0.2) is 43.5 Å². The molecule has 24 heavy (non-hydrogen) atoms. The van der Waals surface area contributed by atoms with Gasteiger partial charge in [0.15, 0.2) is 0 Å². The number of benzene rings is 1. The highest BCUT2D eigenvalue weighted by molar-refractivity contribution is 5.81. The second-order valence-electron chi connectivity index (χ2n) is 5.56. The summed E-state index contributed by atoms with van der Waals surface area (Å²) in [6.07, 6.45) is 3.84. The predicted octanol–water partition coefficient (Wildman–Crippen LogP) is 3.49. The third-order valence-electron chi connectivity index (χ3n) is 4.07. The molecule has 1 aromatic carbocycles. The van der Waals surface area contributed by atoms with Gasteiger partial charge in [0.2, 0.25) is 0 Å². The summed E-state index contributed by atoms with van der Waals surface area (Å²) in [5.74, 6) is 0.341. The minimum Gasteiger partial charge on any atom is -0.497 e. The van der Waals surface area contributed by atoms with E-state index in [2.05, 4.69) is 18.5 Å². The third-order valence-corrected chi connectivity index (χ3v) is 4.07. The first-order valence-corrected chi connectivity index (χ1v) is 8.10. The third kappa shape index (κ3) is 3.79. The van der Waals surface area contributed by atoms with Crippen LogP contribution in [0.3, 0.4) is 0 Å². The molecule has 3 atom stereocenters. The average Bonchev–Trinajstić information content (AvgIpc) is 2.60. The number of carbonyl (C=O) groups excluding carboxylic acids is 1. The number of hydrogen-bond donors (Lipinski definition) is 1. The summed E-state index contributed by atoms with van der Waals surface area (Å²) in [5.41, 5.74) is 1.81. The summed E-state index contributed by atoms with van der Waals surface area (Å²) in [4.78, 5) is 12.4. The average molecular weight is 331 g/mol. The Hall–Kier alpha value is -2.27. The standard InChI is InChI=1S/C19H25NO4/c1-5-8-14-17(19(21)23-7-3)20-16-10-9-13(22-4)12-15(16)18(14)24-11-6-2/h5-6,9-10,12,14,17-18,20H,1-2,7-8,11H2,3-4H3. The lowest BCUT2D eigenvalue weighted by Gasteiger charge is -2.39. The maximum atomic E-state index is 12.4. The number of hydrogen-bond acceptors (Lipinski definition) is 5. The number of fused-ring (bicyclic) bond motifs is 1. The van der Waals surface area contributed by atoms with Gasteiger partial charge in [0.05, 0.1) is 26.4 Å². The van der Waals surface area contributed by atoms with E-state index in [9.17, 15) is 4.79 Å². The van der Waals surface area contributed by atoms with Crippen molar-refractivity contribution in [2.75, 3.05) is 25.6 Å². The smallest absolute Gasteiger partial charge is 0.328 e. The van der Waals surface area contributed by atoms with Crippen LogP contribution in [0.2, 0.25) is 0 Å². The maximum Gasteiger partial charge on any atom is 0.328 e. The summed E-state index contributed by atoms with van der Waals surface area (Å²) in [7, 11) is 1.63. The van der Waals surface area contributed by atoms with Crippen molar-refractivity contribution in [1.29, 1.82) is 0 Å². The summed E-state index contributed by atoms with van der Waals surface area (Å²) in [6, 6.07) is 5.20. The number of anilines is 1. The monoisotopic (exact) mass is 331 g/mol. The Bertz CT molecular complexity index is 599. The Balaban J connectivity index is 2.44. The van der Waals surface area contributed by atoms with Gasteiger partial charge in [-0.3, -0.25) is 0 Å². The number of carbonyl (C=O) groups is 1. The largest absolute Gasteiger partial charge is 0.497 e. The molecule has 1 heterocycles. The molecule has 0 bridgehead atoms. The molecule has 1 N–H and O–H groups in total. The summed E-state index contributed by atoms with van der Waals surface area (Å²) < 4.78 is 16.6. The minimum absolute atomic E-state index is 0.124. The summed E-state index contributed by atoms with van der Waals surface area (Å²) in [6.45, 7) is 10.1. The fourth-order valence-electron chi connectivity index (χ4n) is 3.02. The molecule has 5 heteroatoms. The second-order valence-corrected chi connectivity index (χ2v) is 5.56. The number of nitrogens with one attached hydrogen (secondary N) is 1. The van der Waals surface area contributed by atoms with Crippen molar-refractivity contribution in [2.45, 2.75) is 25.5 Å². The van der Waals surface area contributed by atoms with Crippen molar-refractivity contribution >= 4 is 11.7 Å². The Morgan fingerprint density at radius 2 is 2.12 bits per heavy atom. The van der Waals surface area contributed by atoms with E-state index in [-0.39, 0.29) is 18.0 Å². The normalized spacial score (nSPS) is 22.0. The van der Waals surface area contributed by atoms with E-state index < -0.39 is 6.04 Å². The van der Waals surface area contributed by atoms with Gasteiger partial charge in [-0.25, -0.2) is 4.79 Å². The molecular weight excluding hydrogens is 306 g/mol. The lowest BCUT2D eigenvalue weighted by molar-refractivity contribution is -0.147. The molecule has 0 saturated carbocycles. The lowest BCUT2D eigenvalue weighted by atomic mass is 9.82. The van der Waals surface area contributed by atoms with Crippen LogP contribution < -0.4 is 10.1 Å². The molecule has 0 amide bonds. The Morgan fingerprint density at radius 3 is 2.75 bits per heavy atom. The highest BCUT2D eigenvalue weighted by Gasteiger charge is 2.41. The van der Waals surface area contributed by atoms with E-state index in [4.69, 9.17) is 14.2 Å². The highest BCUT2D eigenvalue weighted by atomic mass is 16.5. The fraction of sp³-hybridized carbons (Fsp3) is 0.421. The lowest BCUT2D eigenvalue weighted by Crippen LogP contribution is -2.45. The molecule has 5 nitrogen and oxygen atoms in total. The van der Waals surface area contributed by atoms with Crippen LogP contribution in [0.25, 0.3) is 0 Å². The molecule has 1 aromatic rings. The van der Waals surface area contributed by atoms with E-state index >= 15 is 0 Å². The number of ether oxygens (including phenoxy) is 3. The molecule has 0 aliphatic carbocycles. The maximum absolute atomic E-state index is 12.4. The van der Waals surface area contributed by atoms with Gasteiger partial charge in [0.1, 0.15) is 11.8 Å². The van der Waals surface area contributed by atoms with Crippen LogP contribution in [0, 0.1) is 5.92 Å². The van der Waals surface area contributed by atoms with Gasteiger partial charge >= 0.3 is 5.97 Å². The van der Waals surface area contributed by atoms with Gasteiger partial charge in [-0.15, -0.1) is 13.2 Å². The topological polar surface area (TPSA) is 56.8 Å². The van der Waals surface area contributed by atoms with Crippen molar-refractivity contribution in [3.8, 4) is 5.75 Å². The molecule has 3 unspecified atom stereocenters. The second kappa shape index (κ2) is 8.55. The van der Waals surface area contributed by atoms with Gasteiger partial charge in [0.25, 0.3) is 0 Å². The molecule has 0 aromatic heterocycles. The Kier molecular flexibility index (Phi) is 6.44. The fourth-order valence-corrected chi connectivity index (χ4v) is 3.02. The number of rotatable bonds is 8. The Morgan fingerprint density at radius 1 is 1.33 bits per heavy atom. The van der Waals surface area contributed by atoms with E-state index in [1.165, 1.54) is 0 Å². The van der Waals surface area contributed by atoms with E-state index in [1.807, 2.05) is 18.2 Å². The van der Waals surface area contributed by atoms with Crippen LogP contribution in [0.5, 0.6) is 5.75 Å². The van der Waals surface area contributed by atoms with Crippen molar-refractivity contribution < 1.29 is 19.0 Å². The van der Waals surface area contributed by atoms with E-state index in [0.29, 0.717) is 19.6 Å². The zero-order chi connectivity index (χ0) is 17.5. The first-order chi connectivity index (χ1) is 11.7. The minimum atomic E-state index is -0.487. The highest BCUT2D eigenvalue weighted by Crippen LogP contribution is 2.42. The number of esters is 1. The van der Waals surface area contributed by atoms with E-state index in [0.717, 1.165) is 17.0 Å². The Labute approximate surface area is 143 Å². The molecule has 0 spiro atoms. The van der Waals surface area contributed by atoms with Crippen LogP contribution in [-0.2, 0) is 14.3 Å². The van der Waals surface area contributed by atoms with Crippen molar-refractivity contribution in [2.24, 2.45) is 5.92 Å². The van der Waals surface area contributed by atoms with Gasteiger partial charge in [-0.1, -0.05) is 12.2 Å². The van der Waals surface area contributed by atoms with Crippen LogP contribution in [-0.4, -0.2) is 32.3 Å². The molecule has 1 aliphatic heterocycles.